The SMILES string of the molecule is O=C(Nc1ccc(I)cc1C(=O)O)c1cc(Br)ccc1F. The lowest BCUT2D eigenvalue weighted by Gasteiger charge is -2.10. The topological polar surface area (TPSA) is 66.4 Å². The quantitative estimate of drug-likeness (QED) is 0.672. The van der Waals surface area contributed by atoms with E-state index >= 15 is 0 Å². The molecule has 7 heteroatoms. The van der Waals surface area contributed by atoms with Crippen molar-refractivity contribution in [3.05, 3.63) is 61.4 Å². The van der Waals surface area contributed by atoms with Crippen LogP contribution in [-0.4, -0.2) is 17.0 Å². The van der Waals surface area contributed by atoms with E-state index in [-0.39, 0.29) is 16.8 Å². The number of rotatable bonds is 3. The van der Waals surface area contributed by atoms with Gasteiger partial charge in [-0.3, -0.25) is 4.79 Å². The van der Waals surface area contributed by atoms with E-state index in [0.29, 0.717) is 4.47 Å². The smallest absolute Gasteiger partial charge is 0.337 e. The molecule has 0 fully saturated rings. The molecular formula is C14H8BrFINO3. The minimum absolute atomic E-state index is 0.0503. The standard InChI is InChI=1S/C14H8BrFINO3/c15-7-1-3-11(16)9(5-7)13(19)18-12-4-2-8(17)6-10(12)14(20)21/h1-6H,(H,18,19)(H,20,21). The van der Waals surface area contributed by atoms with E-state index in [1.807, 2.05) is 22.6 Å². The fourth-order valence-electron chi connectivity index (χ4n) is 1.66. The van der Waals surface area contributed by atoms with E-state index < -0.39 is 17.7 Å². The molecule has 0 unspecified atom stereocenters. The maximum Gasteiger partial charge on any atom is 0.337 e. The Morgan fingerprint density at radius 1 is 1.14 bits per heavy atom. The van der Waals surface area contributed by atoms with Gasteiger partial charge in [0.05, 0.1) is 16.8 Å². The number of anilines is 1. The second kappa shape index (κ2) is 6.52. The van der Waals surface area contributed by atoms with Gasteiger partial charge in [0.1, 0.15) is 5.82 Å². The molecule has 0 saturated carbocycles. The zero-order valence-electron chi connectivity index (χ0n) is 10.4. The maximum atomic E-state index is 13.6. The third kappa shape index (κ3) is 3.79. The first-order valence-corrected chi connectivity index (χ1v) is 7.55. The van der Waals surface area contributed by atoms with Crippen molar-refractivity contribution in [2.75, 3.05) is 5.32 Å². The third-order valence-corrected chi connectivity index (χ3v) is 3.80. The van der Waals surface area contributed by atoms with Crippen LogP contribution in [0.15, 0.2) is 40.9 Å². The van der Waals surface area contributed by atoms with Gasteiger partial charge in [0, 0.05) is 8.04 Å². The predicted octanol–water partition coefficient (Wildman–Crippen LogP) is 4.14. The van der Waals surface area contributed by atoms with Gasteiger partial charge in [-0.15, -0.1) is 0 Å². The summed E-state index contributed by atoms with van der Waals surface area (Å²) in [5.41, 5.74) is -0.0998. The zero-order valence-corrected chi connectivity index (χ0v) is 14.1. The summed E-state index contributed by atoms with van der Waals surface area (Å²) >= 11 is 5.12. The average Bonchev–Trinajstić information content (AvgIpc) is 2.43. The van der Waals surface area contributed by atoms with Crippen molar-refractivity contribution in [1.29, 1.82) is 0 Å². The number of carboxylic acid groups (broad SMARTS) is 1. The fraction of sp³-hybridized carbons (Fsp3) is 0. The average molecular weight is 464 g/mol. The molecule has 0 aliphatic rings. The normalized spacial score (nSPS) is 10.2. The van der Waals surface area contributed by atoms with Crippen LogP contribution in [0.3, 0.4) is 0 Å². The van der Waals surface area contributed by atoms with Crippen molar-refractivity contribution in [3.8, 4) is 0 Å². The van der Waals surface area contributed by atoms with Gasteiger partial charge in [0.15, 0.2) is 0 Å². The monoisotopic (exact) mass is 463 g/mol. The van der Waals surface area contributed by atoms with E-state index in [0.717, 1.165) is 9.64 Å². The second-order valence-corrected chi connectivity index (χ2v) is 6.23. The fourth-order valence-corrected chi connectivity index (χ4v) is 2.52. The van der Waals surface area contributed by atoms with Crippen molar-refractivity contribution >= 4 is 56.1 Å². The van der Waals surface area contributed by atoms with Crippen LogP contribution in [0.2, 0.25) is 0 Å². The Morgan fingerprint density at radius 3 is 2.52 bits per heavy atom. The van der Waals surface area contributed by atoms with Gasteiger partial charge in [0.2, 0.25) is 0 Å². The Bertz CT molecular complexity index is 736. The Labute approximate surface area is 141 Å². The van der Waals surface area contributed by atoms with E-state index in [2.05, 4.69) is 21.2 Å². The van der Waals surface area contributed by atoms with Gasteiger partial charge in [-0.05, 0) is 59.0 Å². The highest BCUT2D eigenvalue weighted by Gasteiger charge is 2.16. The number of carboxylic acids is 1. The molecule has 21 heavy (non-hydrogen) atoms. The lowest BCUT2D eigenvalue weighted by molar-refractivity contribution is 0.0698. The number of amides is 1. The van der Waals surface area contributed by atoms with Crippen molar-refractivity contribution in [3.63, 3.8) is 0 Å². The van der Waals surface area contributed by atoms with Crippen LogP contribution >= 0.6 is 38.5 Å². The molecule has 2 aromatic rings. The molecule has 0 aromatic heterocycles. The molecule has 2 aromatic carbocycles. The Hall–Kier alpha value is -1.48. The van der Waals surface area contributed by atoms with Crippen LogP contribution in [-0.2, 0) is 0 Å². The maximum absolute atomic E-state index is 13.6. The number of benzene rings is 2. The van der Waals surface area contributed by atoms with Gasteiger partial charge in [-0.1, -0.05) is 15.9 Å². The molecule has 0 bridgehead atoms. The third-order valence-electron chi connectivity index (χ3n) is 2.63. The van der Waals surface area contributed by atoms with E-state index in [1.54, 1.807) is 6.07 Å². The van der Waals surface area contributed by atoms with Crippen molar-refractivity contribution in [2.24, 2.45) is 0 Å². The first kappa shape index (κ1) is 15.9. The molecule has 0 heterocycles. The molecular weight excluding hydrogens is 456 g/mol. The molecule has 0 aliphatic carbocycles. The van der Waals surface area contributed by atoms with E-state index in [1.165, 1.54) is 24.3 Å². The summed E-state index contributed by atoms with van der Waals surface area (Å²) in [5, 5.41) is 11.6. The summed E-state index contributed by atoms with van der Waals surface area (Å²) in [6.45, 7) is 0. The first-order chi connectivity index (χ1) is 9.88. The van der Waals surface area contributed by atoms with Gasteiger partial charge in [0.25, 0.3) is 5.91 Å². The molecule has 0 saturated heterocycles. The molecule has 0 aliphatic heterocycles. The number of halogens is 3. The largest absolute Gasteiger partial charge is 0.478 e. The number of aromatic carboxylic acids is 1. The Kier molecular flexibility index (Phi) is 4.94. The lowest BCUT2D eigenvalue weighted by Crippen LogP contribution is -2.16. The van der Waals surface area contributed by atoms with Gasteiger partial charge in [-0.2, -0.15) is 0 Å². The highest BCUT2D eigenvalue weighted by molar-refractivity contribution is 14.1. The van der Waals surface area contributed by atoms with Crippen molar-refractivity contribution < 1.29 is 19.1 Å². The molecule has 2 N–H and O–H groups in total. The lowest BCUT2D eigenvalue weighted by atomic mass is 10.1. The number of carbonyl (C=O) groups excluding carboxylic acids is 1. The minimum atomic E-state index is -1.17. The van der Waals surface area contributed by atoms with Crippen LogP contribution in [0.1, 0.15) is 20.7 Å². The number of hydrogen-bond donors (Lipinski definition) is 2. The summed E-state index contributed by atoms with van der Waals surface area (Å²) in [4.78, 5) is 23.3. The molecule has 0 spiro atoms. The molecule has 2 rings (SSSR count). The first-order valence-electron chi connectivity index (χ1n) is 5.67. The van der Waals surface area contributed by atoms with Gasteiger partial charge >= 0.3 is 5.97 Å². The van der Waals surface area contributed by atoms with E-state index in [9.17, 15) is 14.0 Å². The number of nitrogens with one attached hydrogen (secondary N) is 1. The summed E-state index contributed by atoms with van der Waals surface area (Å²) in [6.07, 6.45) is 0. The van der Waals surface area contributed by atoms with Crippen LogP contribution < -0.4 is 5.32 Å². The van der Waals surface area contributed by atoms with Crippen molar-refractivity contribution in [2.45, 2.75) is 0 Å². The Morgan fingerprint density at radius 2 is 1.86 bits per heavy atom. The number of hydrogen-bond acceptors (Lipinski definition) is 2. The van der Waals surface area contributed by atoms with E-state index in [4.69, 9.17) is 5.11 Å². The summed E-state index contributed by atoms with van der Waals surface area (Å²) in [6, 6.07) is 8.51. The molecule has 108 valence electrons. The molecule has 0 radical (unpaired) electrons. The Balaban J connectivity index is 2.36. The number of carbonyl (C=O) groups is 2. The highest BCUT2D eigenvalue weighted by atomic mass is 127. The van der Waals surface area contributed by atoms with Crippen LogP contribution in [0, 0.1) is 9.39 Å². The zero-order chi connectivity index (χ0) is 15.6. The van der Waals surface area contributed by atoms with Crippen molar-refractivity contribution in [1.82, 2.24) is 0 Å². The predicted molar refractivity (Wildman–Crippen MR) is 88.2 cm³/mol. The minimum Gasteiger partial charge on any atom is -0.478 e. The van der Waals surface area contributed by atoms with Gasteiger partial charge < -0.3 is 10.4 Å². The second-order valence-electron chi connectivity index (χ2n) is 4.07. The highest BCUT2D eigenvalue weighted by Crippen LogP contribution is 2.21. The molecule has 4 nitrogen and oxygen atoms in total. The molecule has 1 amide bonds. The summed E-state index contributed by atoms with van der Waals surface area (Å²) in [5.74, 6) is -2.56. The van der Waals surface area contributed by atoms with Crippen LogP contribution in [0.5, 0.6) is 0 Å². The van der Waals surface area contributed by atoms with Crippen LogP contribution in [0.25, 0.3) is 0 Å². The summed E-state index contributed by atoms with van der Waals surface area (Å²) in [7, 11) is 0. The van der Waals surface area contributed by atoms with Gasteiger partial charge in [-0.25, -0.2) is 9.18 Å². The molecule has 0 atom stereocenters. The summed E-state index contributed by atoms with van der Waals surface area (Å²) < 4.78 is 14.9. The van der Waals surface area contributed by atoms with Crippen LogP contribution in [0.4, 0.5) is 10.1 Å².